The van der Waals surface area contributed by atoms with Crippen molar-refractivity contribution in [3.63, 3.8) is 0 Å². The van der Waals surface area contributed by atoms with Gasteiger partial charge in [-0.15, -0.1) is 0 Å². The average molecular weight is 244 g/mol. The van der Waals surface area contributed by atoms with Gasteiger partial charge in [-0.1, -0.05) is 67.1 Å². The van der Waals surface area contributed by atoms with Crippen LogP contribution in [0.4, 0.5) is 0 Å². The van der Waals surface area contributed by atoms with Crippen LogP contribution in [0.5, 0.6) is 0 Å². The zero-order valence-corrected chi connectivity index (χ0v) is 11.3. The molecule has 2 heterocycles. The molecule has 0 N–H and O–H groups in total. The Morgan fingerprint density at radius 2 is 2.00 bits per heavy atom. The molecule has 0 aromatic rings. The van der Waals surface area contributed by atoms with Gasteiger partial charge in [0, 0.05) is 0 Å². The lowest BCUT2D eigenvalue weighted by Crippen LogP contribution is -2.17. The van der Waals surface area contributed by atoms with Crippen molar-refractivity contribution in [3.05, 3.63) is 82.4 Å². The van der Waals surface area contributed by atoms with Gasteiger partial charge in [0.25, 0.3) is 0 Å². The van der Waals surface area contributed by atoms with Gasteiger partial charge in [0.15, 0.2) is 7.28 Å². The van der Waals surface area contributed by atoms with Crippen LogP contribution in [0.15, 0.2) is 82.4 Å². The van der Waals surface area contributed by atoms with E-state index in [1.54, 1.807) is 11.0 Å². The summed E-state index contributed by atoms with van der Waals surface area (Å²) < 4.78 is 0. The molecule has 0 amide bonds. The summed E-state index contributed by atoms with van der Waals surface area (Å²) in [6.07, 6.45) is 21.6. The number of allylic oxidation sites excluding steroid dienone is 14. The predicted octanol–water partition coefficient (Wildman–Crippen LogP) is 3.99. The molecule has 0 spiro atoms. The molecule has 92 valence electrons. The quantitative estimate of drug-likeness (QED) is 0.565. The number of fused-ring (bicyclic) bond motifs is 3. The van der Waals surface area contributed by atoms with Gasteiger partial charge in [-0.05, 0) is 40.4 Å². The molecule has 0 aromatic carbocycles. The highest BCUT2D eigenvalue weighted by Gasteiger charge is 2.35. The number of rotatable bonds is 0. The van der Waals surface area contributed by atoms with Crippen molar-refractivity contribution in [2.75, 3.05) is 0 Å². The molecule has 19 heavy (non-hydrogen) atoms. The fourth-order valence-corrected chi connectivity index (χ4v) is 3.67. The van der Waals surface area contributed by atoms with Crippen molar-refractivity contribution in [2.24, 2.45) is 5.92 Å². The summed E-state index contributed by atoms with van der Waals surface area (Å²) in [5.74, 6) is 1.18. The minimum absolute atomic E-state index is 0.575. The SMILES string of the molecule is CC1/C=C\C=C2\C3=C(C=CC=CC3)C3=CC=C1BC32. The van der Waals surface area contributed by atoms with Crippen molar-refractivity contribution in [2.45, 2.75) is 19.2 Å². The van der Waals surface area contributed by atoms with Crippen LogP contribution in [0.1, 0.15) is 13.3 Å². The van der Waals surface area contributed by atoms with Crippen LogP contribution in [-0.4, -0.2) is 7.28 Å². The first-order valence-corrected chi connectivity index (χ1v) is 7.21. The fourth-order valence-electron chi connectivity index (χ4n) is 3.67. The molecule has 0 saturated heterocycles. The van der Waals surface area contributed by atoms with E-state index in [0.717, 1.165) is 6.42 Å². The summed E-state index contributed by atoms with van der Waals surface area (Å²) in [6.45, 7) is 2.30. The first-order chi connectivity index (χ1) is 9.34. The van der Waals surface area contributed by atoms with Crippen LogP contribution < -0.4 is 0 Å². The van der Waals surface area contributed by atoms with Gasteiger partial charge in [0.05, 0.1) is 0 Å². The van der Waals surface area contributed by atoms with Gasteiger partial charge in [-0.25, -0.2) is 0 Å². The molecule has 1 heteroatoms. The van der Waals surface area contributed by atoms with Gasteiger partial charge in [0.2, 0.25) is 0 Å². The van der Waals surface area contributed by atoms with Crippen LogP contribution in [0.2, 0.25) is 5.82 Å². The van der Waals surface area contributed by atoms with E-state index in [2.05, 4.69) is 61.6 Å². The lowest BCUT2D eigenvalue weighted by Gasteiger charge is -2.24. The van der Waals surface area contributed by atoms with E-state index in [4.69, 9.17) is 0 Å². The molecule has 0 fully saturated rings. The zero-order valence-electron chi connectivity index (χ0n) is 11.3. The summed E-state index contributed by atoms with van der Waals surface area (Å²) in [7, 11) is 1.20. The van der Waals surface area contributed by atoms with Crippen molar-refractivity contribution >= 4 is 7.28 Å². The molecule has 4 rings (SSSR count). The Bertz CT molecular complexity index is 647. The molecule has 0 radical (unpaired) electrons. The first-order valence-electron chi connectivity index (χ1n) is 7.21. The van der Waals surface area contributed by atoms with Gasteiger partial charge in [-0.2, -0.15) is 0 Å². The van der Waals surface area contributed by atoms with E-state index in [1.807, 2.05) is 0 Å². The van der Waals surface area contributed by atoms with E-state index in [-0.39, 0.29) is 0 Å². The van der Waals surface area contributed by atoms with Crippen molar-refractivity contribution in [3.8, 4) is 0 Å². The molecule has 2 aliphatic heterocycles. The molecule has 2 aliphatic carbocycles. The second-order valence-electron chi connectivity index (χ2n) is 5.80. The van der Waals surface area contributed by atoms with E-state index in [9.17, 15) is 0 Å². The first kappa shape index (κ1) is 11.1. The molecule has 0 aromatic heterocycles. The Morgan fingerprint density at radius 1 is 1.05 bits per heavy atom. The fraction of sp³-hybridized carbons (Fsp3) is 0.222. The van der Waals surface area contributed by atoms with Gasteiger partial charge in [0.1, 0.15) is 0 Å². The largest absolute Gasteiger partial charge is 0.166 e. The van der Waals surface area contributed by atoms with Crippen LogP contribution in [-0.2, 0) is 0 Å². The third kappa shape index (κ3) is 1.61. The highest BCUT2D eigenvalue weighted by atomic mass is 14.3. The summed E-state index contributed by atoms with van der Waals surface area (Å²) in [5, 5.41) is 0. The molecule has 0 saturated carbocycles. The van der Waals surface area contributed by atoms with Gasteiger partial charge >= 0.3 is 0 Å². The smallest absolute Gasteiger partial charge is 0.0981 e. The molecule has 2 atom stereocenters. The maximum absolute atomic E-state index is 2.37. The van der Waals surface area contributed by atoms with Gasteiger partial charge in [-0.3, -0.25) is 0 Å². The van der Waals surface area contributed by atoms with Crippen LogP contribution in [0.3, 0.4) is 0 Å². The highest BCUT2D eigenvalue weighted by molar-refractivity contribution is 6.50. The standard InChI is InChI=1S/C18H17B/c1-12-6-5-9-15-13-7-3-2-4-8-14(13)16-10-11-17(12)19-18(15)16/h2-6,8-12,18-19H,7H2,1H3/b6-5-,15-9-. The summed E-state index contributed by atoms with van der Waals surface area (Å²) in [5.41, 5.74) is 7.67. The van der Waals surface area contributed by atoms with Crippen LogP contribution in [0, 0.1) is 5.92 Å². The minimum atomic E-state index is 0.575. The van der Waals surface area contributed by atoms with Gasteiger partial charge < -0.3 is 0 Å². The summed E-state index contributed by atoms with van der Waals surface area (Å²) in [6, 6.07) is 0. The summed E-state index contributed by atoms with van der Waals surface area (Å²) in [4.78, 5) is 0. The summed E-state index contributed by atoms with van der Waals surface area (Å²) >= 11 is 0. The number of hydrogen-bond acceptors (Lipinski definition) is 0. The lowest BCUT2D eigenvalue weighted by atomic mass is 9.49. The van der Waals surface area contributed by atoms with E-state index in [1.165, 1.54) is 24.0 Å². The predicted molar refractivity (Wildman–Crippen MR) is 83.4 cm³/mol. The minimum Gasteiger partial charge on any atom is -0.0981 e. The van der Waals surface area contributed by atoms with Crippen molar-refractivity contribution in [1.29, 1.82) is 0 Å². The lowest BCUT2D eigenvalue weighted by molar-refractivity contribution is 0.901. The maximum Gasteiger partial charge on any atom is 0.166 e. The van der Waals surface area contributed by atoms with Crippen molar-refractivity contribution < 1.29 is 0 Å². The van der Waals surface area contributed by atoms with E-state index >= 15 is 0 Å². The molecule has 0 nitrogen and oxygen atoms in total. The molecule has 2 unspecified atom stereocenters. The third-order valence-corrected chi connectivity index (χ3v) is 4.74. The topological polar surface area (TPSA) is 0 Å². The van der Waals surface area contributed by atoms with Crippen LogP contribution >= 0.6 is 0 Å². The normalized spacial score (nSPS) is 35.1. The second kappa shape index (κ2) is 4.13. The zero-order chi connectivity index (χ0) is 12.8. The monoisotopic (exact) mass is 244 g/mol. The highest BCUT2D eigenvalue weighted by Crippen LogP contribution is 2.50. The molecule has 4 aliphatic rings. The Morgan fingerprint density at radius 3 is 2.95 bits per heavy atom. The van der Waals surface area contributed by atoms with Crippen molar-refractivity contribution in [1.82, 2.24) is 0 Å². The molecular weight excluding hydrogens is 227 g/mol. The number of hydrogen-bond donors (Lipinski definition) is 0. The molecule has 2 bridgehead atoms. The Kier molecular flexibility index (Phi) is 2.41. The van der Waals surface area contributed by atoms with E-state index < -0.39 is 0 Å². The second-order valence-corrected chi connectivity index (χ2v) is 5.80. The Labute approximate surface area is 115 Å². The van der Waals surface area contributed by atoms with E-state index in [0.29, 0.717) is 11.7 Å². The molecular formula is C18H17B. The van der Waals surface area contributed by atoms with Crippen LogP contribution in [0.25, 0.3) is 0 Å². The Balaban J connectivity index is 1.94. The third-order valence-electron chi connectivity index (χ3n) is 4.74. The maximum atomic E-state index is 2.37. The average Bonchev–Trinajstić information content (AvgIpc) is 2.59. The Hall–Kier alpha value is -1.76.